The average Bonchev–Trinajstić information content (AvgIpc) is 3.88. The van der Waals surface area contributed by atoms with Gasteiger partial charge in [0.1, 0.15) is 5.52 Å². The molecule has 9 aromatic carbocycles. The number of fused-ring (bicyclic) bond motifs is 9. The zero-order valence-electron chi connectivity index (χ0n) is 30.2. The van der Waals surface area contributed by atoms with Crippen molar-refractivity contribution in [3.8, 4) is 11.5 Å². The quantitative estimate of drug-likeness (QED) is 0.153. The largest absolute Gasteiger partial charge is 0.435 e. The molecule has 5 heteroatoms. The molecule has 0 bridgehead atoms. The summed E-state index contributed by atoms with van der Waals surface area (Å²) in [5.41, 5.74) is 9.03. The van der Waals surface area contributed by atoms with Crippen LogP contribution >= 0.6 is 11.3 Å². The van der Waals surface area contributed by atoms with Crippen molar-refractivity contribution in [2.75, 3.05) is 9.80 Å². The van der Waals surface area contributed by atoms with Gasteiger partial charge >= 0.3 is 0 Å². The average molecular weight is 736 g/mol. The number of oxazole rings is 1. The first-order valence-electron chi connectivity index (χ1n) is 18.8. The molecular formula is C51H33N3OS. The Balaban J connectivity index is 1.06. The minimum absolute atomic E-state index is 0.590. The molecule has 11 aromatic rings. The number of nitrogens with zero attached hydrogens (tertiary/aromatic N) is 3. The van der Waals surface area contributed by atoms with Crippen LogP contribution < -0.4 is 9.80 Å². The normalized spacial score (nSPS) is 11.6. The molecule has 0 saturated carbocycles. The summed E-state index contributed by atoms with van der Waals surface area (Å²) in [6, 6.07) is 70.7. The first kappa shape index (κ1) is 32.2. The Hall–Kier alpha value is -7.21. The molecular weight excluding hydrogens is 703 g/mol. The zero-order valence-corrected chi connectivity index (χ0v) is 31.0. The van der Waals surface area contributed by atoms with Crippen LogP contribution in [0.15, 0.2) is 205 Å². The summed E-state index contributed by atoms with van der Waals surface area (Å²) in [6.45, 7) is 0. The predicted molar refractivity (Wildman–Crippen MR) is 237 cm³/mol. The van der Waals surface area contributed by atoms with E-state index >= 15 is 0 Å². The van der Waals surface area contributed by atoms with Gasteiger partial charge in [0.05, 0.1) is 0 Å². The van der Waals surface area contributed by atoms with Crippen molar-refractivity contribution >= 4 is 98.3 Å². The van der Waals surface area contributed by atoms with Gasteiger partial charge in [-0.2, -0.15) is 0 Å². The number of aromatic nitrogens is 1. The van der Waals surface area contributed by atoms with Gasteiger partial charge in [-0.05, 0) is 102 Å². The molecule has 0 N–H and O–H groups in total. The second-order valence-corrected chi connectivity index (χ2v) is 15.1. The summed E-state index contributed by atoms with van der Waals surface area (Å²) in [4.78, 5) is 9.88. The van der Waals surface area contributed by atoms with Gasteiger partial charge in [0.2, 0.25) is 5.89 Å². The van der Waals surface area contributed by atoms with Crippen molar-refractivity contribution in [2.45, 2.75) is 0 Å². The van der Waals surface area contributed by atoms with Gasteiger partial charge in [-0.25, -0.2) is 4.98 Å². The monoisotopic (exact) mass is 735 g/mol. The van der Waals surface area contributed by atoms with E-state index in [1.54, 1.807) is 0 Å². The summed E-state index contributed by atoms with van der Waals surface area (Å²) in [6.07, 6.45) is 0. The minimum atomic E-state index is 0.590. The van der Waals surface area contributed by atoms with Crippen LogP contribution in [-0.4, -0.2) is 4.98 Å². The highest BCUT2D eigenvalue weighted by molar-refractivity contribution is 7.25. The molecule has 11 rings (SSSR count). The third kappa shape index (κ3) is 5.40. The van der Waals surface area contributed by atoms with E-state index in [1.165, 1.54) is 20.2 Å². The molecule has 0 amide bonds. The van der Waals surface area contributed by atoms with Gasteiger partial charge in [0, 0.05) is 70.6 Å². The molecule has 0 aliphatic heterocycles. The molecule has 0 aliphatic carbocycles. The third-order valence-electron chi connectivity index (χ3n) is 10.6. The second kappa shape index (κ2) is 13.3. The van der Waals surface area contributed by atoms with Gasteiger partial charge in [0.25, 0.3) is 0 Å². The van der Waals surface area contributed by atoms with Crippen molar-refractivity contribution in [3.63, 3.8) is 0 Å². The summed E-state index contributed by atoms with van der Waals surface area (Å²) < 4.78 is 9.35. The molecule has 0 atom stereocenters. The predicted octanol–water partition coefficient (Wildman–Crippen LogP) is 15.1. The van der Waals surface area contributed by atoms with Crippen molar-refractivity contribution in [1.82, 2.24) is 4.98 Å². The lowest BCUT2D eigenvalue weighted by molar-refractivity contribution is 0.623. The fourth-order valence-corrected chi connectivity index (χ4v) is 9.22. The van der Waals surface area contributed by atoms with Crippen molar-refractivity contribution in [2.24, 2.45) is 0 Å². The van der Waals surface area contributed by atoms with Gasteiger partial charge in [-0.3, -0.25) is 0 Å². The van der Waals surface area contributed by atoms with E-state index in [4.69, 9.17) is 9.40 Å². The molecule has 264 valence electrons. The van der Waals surface area contributed by atoms with Crippen LogP contribution in [0, 0.1) is 0 Å². The number of para-hydroxylation sites is 3. The van der Waals surface area contributed by atoms with Gasteiger partial charge < -0.3 is 14.2 Å². The second-order valence-electron chi connectivity index (χ2n) is 14.0. The van der Waals surface area contributed by atoms with Crippen molar-refractivity contribution < 1.29 is 4.42 Å². The smallest absolute Gasteiger partial charge is 0.227 e. The number of rotatable bonds is 7. The maximum Gasteiger partial charge on any atom is 0.227 e. The number of hydrogen-bond donors (Lipinski definition) is 0. The molecule has 2 aromatic heterocycles. The van der Waals surface area contributed by atoms with Gasteiger partial charge in [0.15, 0.2) is 5.58 Å². The third-order valence-corrected chi connectivity index (χ3v) is 11.8. The van der Waals surface area contributed by atoms with Gasteiger partial charge in [-0.15, -0.1) is 11.3 Å². The van der Waals surface area contributed by atoms with E-state index in [0.29, 0.717) is 5.89 Å². The zero-order chi connectivity index (χ0) is 37.0. The fraction of sp³-hybridized carbons (Fsp3) is 0. The van der Waals surface area contributed by atoms with E-state index in [2.05, 4.69) is 210 Å². The maximum atomic E-state index is 6.79. The van der Waals surface area contributed by atoms with E-state index in [9.17, 15) is 0 Å². The first-order valence-corrected chi connectivity index (χ1v) is 19.6. The van der Waals surface area contributed by atoms with Crippen LogP contribution in [0.3, 0.4) is 0 Å². The highest BCUT2D eigenvalue weighted by Crippen LogP contribution is 2.44. The lowest BCUT2D eigenvalue weighted by Crippen LogP contribution is -2.09. The van der Waals surface area contributed by atoms with Crippen molar-refractivity contribution in [3.05, 3.63) is 200 Å². The van der Waals surface area contributed by atoms with E-state index in [-0.39, 0.29) is 0 Å². The Morgan fingerprint density at radius 3 is 1.57 bits per heavy atom. The Morgan fingerprint density at radius 1 is 0.357 bits per heavy atom. The Morgan fingerprint density at radius 2 is 0.875 bits per heavy atom. The van der Waals surface area contributed by atoms with E-state index in [1.807, 2.05) is 11.3 Å². The lowest BCUT2D eigenvalue weighted by atomic mass is 9.99. The molecule has 0 aliphatic rings. The molecule has 0 spiro atoms. The Labute approximate surface area is 327 Å². The van der Waals surface area contributed by atoms with Crippen molar-refractivity contribution in [1.29, 1.82) is 0 Å². The van der Waals surface area contributed by atoms with Crippen LogP contribution in [0.1, 0.15) is 0 Å². The molecule has 0 radical (unpaired) electrons. The molecule has 0 unspecified atom stereocenters. The lowest BCUT2D eigenvalue weighted by Gasteiger charge is -2.26. The van der Waals surface area contributed by atoms with Crippen LogP contribution in [0.5, 0.6) is 0 Å². The van der Waals surface area contributed by atoms with Crippen LogP contribution in [0.2, 0.25) is 0 Å². The summed E-state index contributed by atoms with van der Waals surface area (Å²) in [5, 5.41) is 6.92. The van der Waals surface area contributed by atoms with E-state index < -0.39 is 0 Å². The summed E-state index contributed by atoms with van der Waals surface area (Å²) >= 11 is 1.83. The summed E-state index contributed by atoms with van der Waals surface area (Å²) in [7, 11) is 0. The molecule has 56 heavy (non-hydrogen) atoms. The highest BCUT2D eigenvalue weighted by Gasteiger charge is 2.21. The van der Waals surface area contributed by atoms with Crippen LogP contribution in [0.4, 0.5) is 34.1 Å². The number of anilines is 6. The topological polar surface area (TPSA) is 32.5 Å². The van der Waals surface area contributed by atoms with E-state index in [0.717, 1.165) is 72.3 Å². The highest BCUT2D eigenvalue weighted by atomic mass is 32.1. The Bertz CT molecular complexity index is 3170. The SMILES string of the molecule is c1ccc(N(c2cccc(-c3nc4c5ccc(N(c6ccccc6)c6ccccc6)cc5c5ccccc5c4o3)c2)c2ccc3c(c2)sc2ccccc23)cc1. The number of hydrogen-bond acceptors (Lipinski definition) is 5. The number of benzene rings is 9. The Kier molecular flexibility index (Phi) is 7.64. The standard InChI is InChI=1S/C51H33N3OS/c1-4-16-35(17-5-1)53(36-18-6-2-7-19-36)39-28-30-44-46(32-39)41-23-10-11-25-45(41)50-49(44)52-51(55-50)34-15-14-22-38(31-34)54(37-20-8-3-9-21-37)40-27-29-43-42-24-12-13-26-47(42)56-48(43)33-40/h1-33H. The molecule has 2 heterocycles. The fourth-order valence-electron chi connectivity index (χ4n) is 8.08. The number of thiophene rings is 1. The van der Waals surface area contributed by atoms with Crippen LogP contribution in [0.25, 0.3) is 64.3 Å². The molecule has 4 nitrogen and oxygen atoms in total. The first-order chi connectivity index (χ1) is 27.8. The minimum Gasteiger partial charge on any atom is -0.435 e. The molecule has 0 saturated heterocycles. The summed E-state index contributed by atoms with van der Waals surface area (Å²) in [5.74, 6) is 0.590. The molecule has 0 fully saturated rings. The van der Waals surface area contributed by atoms with Gasteiger partial charge in [-0.1, -0.05) is 109 Å². The maximum absolute atomic E-state index is 6.79. The van der Waals surface area contributed by atoms with Crippen LogP contribution in [-0.2, 0) is 0 Å².